The minimum absolute atomic E-state index is 0.560. The van der Waals surface area contributed by atoms with Crippen LogP contribution in [0.4, 0.5) is 5.82 Å². The zero-order chi connectivity index (χ0) is 20.4. The Kier molecular flexibility index (Phi) is 5.43. The monoisotopic (exact) mass is 393 g/mol. The number of para-hydroxylation sites is 1. The number of fused-ring (bicyclic) bond motifs is 1. The highest BCUT2D eigenvalue weighted by atomic mass is 16.5. The number of benzene rings is 2. The van der Waals surface area contributed by atoms with E-state index < -0.39 is 0 Å². The smallest absolute Gasteiger partial charge is 0.203 e. The third-order valence-corrected chi connectivity index (χ3v) is 5.59. The van der Waals surface area contributed by atoms with Crippen LogP contribution in [-0.4, -0.2) is 44.4 Å². The second-order valence-corrected chi connectivity index (χ2v) is 7.47. The number of anilines is 1. The van der Waals surface area contributed by atoms with Crippen molar-refractivity contribution in [2.45, 2.75) is 19.8 Å². The first-order valence-corrected chi connectivity index (χ1v) is 9.96. The fourth-order valence-corrected chi connectivity index (χ4v) is 3.86. The standard InChI is InChI=1S/C23H27N3O3/c1-15-9-11-26(12-10-15)23-17-7-5-6-8-18(17)24-22(25-23)16-13-19(27-2)21(29-4)20(14-16)28-3/h5-8,13-15H,9-12H2,1-4H3. The predicted octanol–water partition coefficient (Wildman–Crippen LogP) is 4.56. The Hall–Kier alpha value is -3.02. The molecule has 0 unspecified atom stereocenters. The second kappa shape index (κ2) is 8.15. The topological polar surface area (TPSA) is 56.7 Å². The molecule has 1 saturated heterocycles. The van der Waals surface area contributed by atoms with Crippen molar-refractivity contribution >= 4 is 16.7 Å². The SMILES string of the molecule is COc1cc(-c2nc(N3CCC(C)CC3)c3ccccc3n2)cc(OC)c1OC. The Balaban J connectivity index is 1.87. The van der Waals surface area contributed by atoms with Crippen LogP contribution in [-0.2, 0) is 0 Å². The van der Waals surface area contributed by atoms with Gasteiger partial charge in [0.2, 0.25) is 5.75 Å². The molecule has 0 aliphatic carbocycles. The average molecular weight is 393 g/mol. The number of hydrogen-bond donors (Lipinski definition) is 0. The number of nitrogens with zero attached hydrogens (tertiary/aromatic N) is 3. The van der Waals surface area contributed by atoms with E-state index in [-0.39, 0.29) is 0 Å². The van der Waals surface area contributed by atoms with Crippen molar-refractivity contribution in [1.29, 1.82) is 0 Å². The Bertz CT molecular complexity index is 988. The van der Waals surface area contributed by atoms with Crippen LogP contribution in [0.15, 0.2) is 36.4 Å². The first-order valence-electron chi connectivity index (χ1n) is 9.96. The van der Waals surface area contributed by atoms with E-state index >= 15 is 0 Å². The number of piperidine rings is 1. The lowest BCUT2D eigenvalue weighted by molar-refractivity contribution is 0.324. The van der Waals surface area contributed by atoms with Gasteiger partial charge in [-0.2, -0.15) is 0 Å². The van der Waals surface area contributed by atoms with Crippen molar-refractivity contribution in [2.75, 3.05) is 39.3 Å². The zero-order valence-corrected chi connectivity index (χ0v) is 17.4. The van der Waals surface area contributed by atoms with Gasteiger partial charge in [-0.1, -0.05) is 19.1 Å². The van der Waals surface area contributed by atoms with Gasteiger partial charge in [0.15, 0.2) is 17.3 Å². The lowest BCUT2D eigenvalue weighted by Gasteiger charge is -2.32. The van der Waals surface area contributed by atoms with Gasteiger partial charge in [0.05, 0.1) is 26.8 Å². The summed E-state index contributed by atoms with van der Waals surface area (Å²) < 4.78 is 16.5. The van der Waals surface area contributed by atoms with Gasteiger partial charge < -0.3 is 19.1 Å². The number of aromatic nitrogens is 2. The van der Waals surface area contributed by atoms with Crippen LogP contribution in [0, 0.1) is 5.92 Å². The molecule has 6 nitrogen and oxygen atoms in total. The molecule has 0 atom stereocenters. The molecule has 2 heterocycles. The second-order valence-electron chi connectivity index (χ2n) is 7.47. The van der Waals surface area contributed by atoms with Crippen LogP contribution >= 0.6 is 0 Å². The van der Waals surface area contributed by atoms with Crippen molar-refractivity contribution in [3.8, 4) is 28.6 Å². The molecular formula is C23H27N3O3. The summed E-state index contributed by atoms with van der Waals surface area (Å²) in [5.74, 6) is 4.14. The zero-order valence-electron chi connectivity index (χ0n) is 17.4. The van der Waals surface area contributed by atoms with Crippen LogP contribution in [0.2, 0.25) is 0 Å². The first kappa shape index (κ1) is 19.3. The summed E-state index contributed by atoms with van der Waals surface area (Å²) >= 11 is 0. The van der Waals surface area contributed by atoms with Crippen molar-refractivity contribution in [2.24, 2.45) is 5.92 Å². The Labute approximate surface area is 171 Å². The fourth-order valence-electron chi connectivity index (χ4n) is 3.86. The molecule has 3 aromatic rings. The predicted molar refractivity (Wildman–Crippen MR) is 115 cm³/mol. The number of hydrogen-bond acceptors (Lipinski definition) is 6. The Morgan fingerprint density at radius 3 is 2.17 bits per heavy atom. The van der Waals surface area contributed by atoms with Crippen LogP contribution in [0.3, 0.4) is 0 Å². The molecule has 29 heavy (non-hydrogen) atoms. The van der Waals surface area contributed by atoms with E-state index in [0.29, 0.717) is 23.1 Å². The highest BCUT2D eigenvalue weighted by Gasteiger charge is 2.22. The molecular weight excluding hydrogens is 366 g/mol. The molecule has 0 saturated carbocycles. The van der Waals surface area contributed by atoms with E-state index in [1.165, 1.54) is 12.8 Å². The fraction of sp³-hybridized carbons (Fsp3) is 0.391. The average Bonchev–Trinajstić information content (AvgIpc) is 2.77. The van der Waals surface area contributed by atoms with E-state index in [0.717, 1.165) is 41.3 Å². The van der Waals surface area contributed by atoms with Gasteiger partial charge in [-0.3, -0.25) is 0 Å². The van der Waals surface area contributed by atoms with Gasteiger partial charge in [0.1, 0.15) is 5.82 Å². The minimum atomic E-state index is 0.560. The lowest BCUT2D eigenvalue weighted by Crippen LogP contribution is -2.33. The van der Waals surface area contributed by atoms with Crippen LogP contribution < -0.4 is 19.1 Å². The molecule has 1 fully saturated rings. The number of methoxy groups -OCH3 is 3. The highest BCUT2D eigenvalue weighted by Crippen LogP contribution is 2.41. The van der Waals surface area contributed by atoms with Gasteiger partial charge in [-0.25, -0.2) is 9.97 Å². The van der Waals surface area contributed by atoms with Crippen molar-refractivity contribution in [3.05, 3.63) is 36.4 Å². The van der Waals surface area contributed by atoms with Crippen LogP contribution in [0.5, 0.6) is 17.2 Å². The largest absolute Gasteiger partial charge is 0.493 e. The molecule has 0 bridgehead atoms. The summed E-state index contributed by atoms with van der Waals surface area (Å²) in [5, 5.41) is 1.08. The maximum Gasteiger partial charge on any atom is 0.203 e. The molecule has 1 aromatic heterocycles. The van der Waals surface area contributed by atoms with E-state index in [1.54, 1.807) is 21.3 Å². The van der Waals surface area contributed by atoms with Gasteiger partial charge >= 0.3 is 0 Å². The van der Waals surface area contributed by atoms with Gasteiger partial charge in [-0.15, -0.1) is 0 Å². The molecule has 0 N–H and O–H groups in total. The third-order valence-electron chi connectivity index (χ3n) is 5.59. The maximum absolute atomic E-state index is 5.52. The summed E-state index contributed by atoms with van der Waals surface area (Å²) in [6.45, 7) is 4.34. The summed E-state index contributed by atoms with van der Waals surface area (Å²) in [7, 11) is 4.83. The van der Waals surface area contributed by atoms with Gasteiger partial charge in [0, 0.05) is 24.0 Å². The molecule has 2 aromatic carbocycles. The molecule has 0 radical (unpaired) electrons. The Morgan fingerprint density at radius 1 is 0.897 bits per heavy atom. The summed E-state index contributed by atoms with van der Waals surface area (Å²) in [5.41, 5.74) is 1.76. The minimum Gasteiger partial charge on any atom is -0.493 e. The van der Waals surface area contributed by atoms with Crippen LogP contribution in [0.1, 0.15) is 19.8 Å². The van der Waals surface area contributed by atoms with E-state index in [9.17, 15) is 0 Å². The third kappa shape index (κ3) is 3.67. The summed E-state index contributed by atoms with van der Waals surface area (Å²) in [4.78, 5) is 12.2. The Morgan fingerprint density at radius 2 is 1.55 bits per heavy atom. The molecule has 6 heteroatoms. The van der Waals surface area contributed by atoms with Crippen molar-refractivity contribution in [3.63, 3.8) is 0 Å². The summed E-state index contributed by atoms with van der Waals surface area (Å²) in [6, 6.07) is 12.0. The molecule has 1 aliphatic rings. The molecule has 0 spiro atoms. The highest BCUT2D eigenvalue weighted by molar-refractivity contribution is 5.91. The normalized spacial score (nSPS) is 14.8. The quantitative estimate of drug-likeness (QED) is 0.633. The van der Waals surface area contributed by atoms with Crippen molar-refractivity contribution < 1.29 is 14.2 Å². The number of ether oxygens (including phenoxy) is 3. The van der Waals surface area contributed by atoms with Gasteiger partial charge in [0.25, 0.3) is 0 Å². The van der Waals surface area contributed by atoms with E-state index in [4.69, 9.17) is 24.2 Å². The molecule has 0 amide bonds. The van der Waals surface area contributed by atoms with Gasteiger partial charge in [-0.05, 0) is 43.0 Å². The number of rotatable bonds is 5. The molecule has 1 aliphatic heterocycles. The first-order chi connectivity index (χ1) is 14.1. The van der Waals surface area contributed by atoms with Crippen molar-refractivity contribution in [1.82, 2.24) is 9.97 Å². The molecule has 4 rings (SSSR count). The molecule has 152 valence electrons. The maximum atomic E-state index is 5.52. The van der Waals surface area contributed by atoms with E-state index in [2.05, 4.69) is 17.9 Å². The van der Waals surface area contributed by atoms with E-state index in [1.807, 2.05) is 30.3 Å². The summed E-state index contributed by atoms with van der Waals surface area (Å²) in [6.07, 6.45) is 2.36. The lowest BCUT2D eigenvalue weighted by atomic mass is 9.99. The van der Waals surface area contributed by atoms with Crippen LogP contribution in [0.25, 0.3) is 22.3 Å².